The fourth-order valence-electron chi connectivity index (χ4n) is 6.39. The monoisotopic (exact) mass is 390 g/mol. The molecular weight excluding hydrogens is 360 g/mol. The quantitative estimate of drug-likeness (QED) is 0.731. The van der Waals surface area contributed by atoms with Crippen LogP contribution in [0.1, 0.15) is 67.8 Å². The van der Waals surface area contributed by atoms with Gasteiger partial charge in [0.15, 0.2) is 5.78 Å². The molecule has 0 spiro atoms. The summed E-state index contributed by atoms with van der Waals surface area (Å²) in [6, 6.07) is 5.90. The maximum absolute atomic E-state index is 13.5. The number of nitrogens with zero attached hydrogens (tertiary/aromatic N) is 2. The Morgan fingerprint density at radius 1 is 1.34 bits per heavy atom. The van der Waals surface area contributed by atoms with Crippen molar-refractivity contribution < 1.29 is 9.90 Å². The van der Waals surface area contributed by atoms with Gasteiger partial charge < -0.3 is 5.11 Å². The molecule has 0 bridgehead atoms. The lowest BCUT2D eigenvalue weighted by Gasteiger charge is -2.48. The van der Waals surface area contributed by atoms with Gasteiger partial charge in [0.2, 0.25) is 0 Å². The van der Waals surface area contributed by atoms with Gasteiger partial charge in [-0.15, -0.1) is 0 Å². The molecule has 152 valence electrons. The minimum atomic E-state index is -0.226. The maximum Gasteiger partial charge on any atom is 0.165 e. The van der Waals surface area contributed by atoms with Crippen LogP contribution >= 0.6 is 0 Å². The molecule has 1 heterocycles. The van der Waals surface area contributed by atoms with Crippen molar-refractivity contribution in [3.63, 3.8) is 0 Å². The number of hydrogen-bond acceptors (Lipinski definition) is 3. The highest BCUT2D eigenvalue weighted by atomic mass is 16.3. The van der Waals surface area contributed by atoms with Crippen LogP contribution in [0.4, 0.5) is 0 Å². The van der Waals surface area contributed by atoms with E-state index < -0.39 is 0 Å². The summed E-state index contributed by atoms with van der Waals surface area (Å²) < 4.78 is 1.94. The fourth-order valence-corrected chi connectivity index (χ4v) is 6.39. The van der Waals surface area contributed by atoms with Crippen molar-refractivity contribution in [2.75, 3.05) is 0 Å². The van der Waals surface area contributed by atoms with Gasteiger partial charge in [-0.05, 0) is 98.6 Å². The van der Waals surface area contributed by atoms with Crippen molar-refractivity contribution >= 4 is 11.9 Å². The van der Waals surface area contributed by atoms with Crippen molar-refractivity contribution in [1.29, 1.82) is 0 Å². The summed E-state index contributed by atoms with van der Waals surface area (Å²) in [5.74, 6) is 2.23. The van der Waals surface area contributed by atoms with Crippen LogP contribution in [0.3, 0.4) is 0 Å². The average Bonchev–Trinajstić information content (AvgIpc) is 3.19. The molecule has 5 rings (SSSR count). The lowest BCUT2D eigenvalue weighted by atomic mass is 9.55. The molecule has 3 aliphatic carbocycles. The van der Waals surface area contributed by atoms with Gasteiger partial charge in [0.25, 0.3) is 0 Å². The minimum absolute atomic E-state index is 0.226. The number of ketones is 1. The van der Waals surface area contributed by atoms with E-state index in [9.17, 15) is 9.90 Å². The molecule has 0 aliphatic heterocycles. The zero-order valence-electron chi connectivity index (χ0n) is 17.6. The maximum atomic E-state index is 13.5. The number of carbonyl (C=O) groups is 1. The highest BCUT2D eigenvalue weighted by Gasteiger charge is 2.56. The van der Waals surface area contributed by atoms with E-state index in [0.29, 0.717) is 29.3 Å². The first kappa shape index (κ1) is 18.7. The Hall–Kier alpha value is -2.36. The SMILES string of the molecule is CCn1cc(/C=C2/C[C@@H]3[C@@H]4CCc5cc(O)ccc5[C@H]4CC[C@@]3(C)C2=O)c(C)n1. The van der Waals surface area contributed by atoms with Crippen LogP contribution in [0.25, 0.3) is 6.08 Å². The largest absolute Gasteiger partial charge is 0.508 e. The van der Waals surface area contributed by atoms with Gasteiger partial charge in [-0.2, -0.15) is 5.10 Å². The summed E-state index contributed by atoms with van der Waals surface area (Å²) in [6.07, 6.45) is 9.22. The van der Waals surface area contributed by atoms with E-state index in [2.05, 4.69) is 37.3 Å². The molecule has 29 heavy (non-hydrogen) atoms. The lowest BCUT2D eigenvalue weighted by molar-refractivity contribution is -0.127. The second-order valence-corrected chi connectivity index (χ2v) is 9.48. The molecule has 0 saturated heterocycles. The summed E-state index contributed by atoms with van der Waals surface area (Å²) in [5, 5.41) is 14.4. The van der Waals surface area contributed by atoms with Gasteiger partial charge in [0, 0.05) is 23.7 Å². The van der Waals surface area contributed by atoms with E-state index in [4.69, 9.17) is 0 Å². The Kier molecular flexibility index (Phi) is 4.23. The van der Waals surface area contributed by atoms with E-state index in [1.54, 1.807) is 0 Å². The molecule has 4 nitrogen and oxygen atoms in total. The smallest absolute Gasteiger partial charge is 0.165 e. The Morgan fingerprint density at radius 3 is 2.93 bits per heavy atom. The molecule has 4 heteroatoms. The highest BCUT2D eigenvalue weighted by Crippen LogP contribution is 2.60. The molecule has 2 fully saturated rings. The third-order valence-electron chi connectivity index (χ3n) is 7.99. The standard InChI is InChI=1S/C25H30N2O2/c1-4-27-14-18(15(2)26-27)11-17-13-23-22-7-5-16-12-19(28)6-8-20(16)21(22)9-10-25(23,3)24(17)29/h6,8,11-12,14,21-23,28H,4-5,7,9-10,13H2,1-3H3/b17-11-/t21-,22-,23-,25-/m1/s1. The second-order valence-electron chi connectivity index (χ2n) is 9.48. The summed E-state index contributed by atoms with van der Waals surface area (Å²) in [6.45, 7) is 7.17. The van der Waals surface area contributed by atoms with E-state index in [0.717, 1.165) is 55.5 Å². The van der Waals surface area contributed by atoms with Crippen LogP contribution in [-0.2, 0) is 17.8 Å². The summed E-state index contributed by atoms with van der Waals surface area (Å²) in [4.78, 5) is 13.5. The van der Waals surface area contributed by atoms with Gasteiger partial charge >= 0.3 is 0 Å². The summed E-state index contributed by atoms with van der Waals surface area (Å²) in [5.41, 5.74) is 5.56. The molecular formula is C25H30N2O2. The number of aromatic nitrogens is 2. The molecule has 4 atom stereocenters. The van der Waals surface area contributed by atoms with Gasteiger partial charge in [-0.25, -0.2) is 0 Å². The van der Waals surface area contributed by atoms with Crippen LogP contribution in [0.5, 0.6) is 5.75 Å². The van der Waals surface area contributed by atoms with Gasteiger partial charge in [-0.1, -0.05) is 13.0 Å². The second kappa shape index (κ2) is 6.58. The number of hydrogen-bond donors (Lipinski definition) is 1. The first-order valence-electron chi connectivity index (χ1n) is 11.0. The van der Waals surface area contributed by atoms with Crippen LogP contribution in [0.2, 0.25) is 0 Å². The topological polar surface area (TPSA) is 55.1 Å². The third-order valence-corrected chi connectivity index (χ3v) is 7.99. The number of rotatable bonds is 2. The van der Waals surface area contributed by atoms with E-state index in [1.807, 2.05) is 23.7 Å². The first-order chi connectivity index (χ1) is 13.9. The van der Waals surface area contributed by atoms with E-state index >= 15 is 0 Å². The van der Waals surface area contributed by atoms with Gasteiger partial charge in [0.1, 0.15) is 5.75 Å². The van der Waals surface area contributed by atoms with Crippen LogP contribution in [-0.4, -0.2) is 20.7 Å². The van der Waals surface area contributed by atoms with Crippen LogP contribution in [0.15, 0.2) is 30.0 Å². The van der Waals surface area contributed by atoms with Crippen LogP contribution in [0, 0.1) is 24.2 Å². The molecule has 0 radical (unpaired) electrons. The molecule has 0 unspecified atom stereocenters. The molecule has 2 aromatic rings. The Balaban J connectivity index is 1.49. The molecule has 1 N–H and O–H groups in total. The van der Waals surface area contributed by atoms with Gasteiger partial charge in [0.05, 0.1) is 5.69 Å². The van der Waals surface area contributed by atoms with E-state index in [1.165, 1.54) is 11.1 Å². The normalized spacial score (nSPS) is 32.2. The van der Waals surface area contributed by atoms with Crippen molar-refractivity contribution in [3.05, 3.63) is 52.4 Å². The number of allylic oxidation sites excluding steroid dienone is 1. The number of phenols is 1. The number of aryl methyl sites for hydroxylation is 3. The van der Waals surface area contributed by atoms with Crippen molar-refractivity contribution in [1.82, 2.24) is 9.78 Å². The highest BCUT2D eigenvalue weighted by molar-refractivity contribution is 6.06. The number of phenolic OH excluding ortho intramolecular Hbond substituents is 1. The van der Waals surface area contributed by atoms with Gasteiger partial charge in [-0.3, -0.25) is 9.48 Å². The van der Waals surface area contributed by atoms with Crippen molar-refractivity contribution in [2.24, 2.45) is 17.3 Å². The number of fused-ring (bicyclic) bond motifs is 5. The zero-order valence-corrected chi connectivity index (χ0v) is 17.6. The fraction of sp³-hybridized carbons (Fsp3) is 0.520. The Morgan fingerprint density at radius 2 is 2.17 bits per heavy atom. The number of aromatic hydroxyl groups is 1. The molecule has 2 saturated carbocycles. The zero-order chi connectivity index (χ0) is 20.3. The number of benzene rings is 1. The average molecular weight is 391 g/mol. The number of Topliss-reactive ketones (excluding diaryl/α,β-unsaturated/α-hetero) is 1. The molecule has 1 aromatic heterocycles. The van der Waals surface area contributed by atoms with Crippen molar-refractivity contribution in [2.45, 2.75) is 65.3 Å². The summed E-state index contributed by atoms with van der Waals surface area (Å²) >= 11 is 0. The van der Waals surface area contributed by atoms with Crippen LogP contribution < -0.4 is 0 Å². The van der Waals surface area contributed by atoms with Crippen molar-refractivity contribution in [3.8, 4) is 5.75 Å². The molecule has 0 amide bonds. The summed E-state index contributed by atoms with van der Waals surface area (Å²) in [7, 11) is 0. The Bertz CT molecular complexity index is 1020. The predicted octanol–water partition coefficient (Wildman–Crippen LogP) is 5.04. The minimum Gasteiger partial charge on any atom is -0.508 e. The number of carbonyl (C=O) groups excluding carboxylic acids is 1. The molecule has 3 aliphatic rings. The molecule has 1 aromatic carbocycles. The third kappa shape index (κ3) is 2.79. The lowest BCUT2D eigenvalue weighted by Crippen LogP contribution is -2.42. The Labute approximate surface area is 172 Å². The van der Waals surface area contributed by atoms with E-state index in [-0.39, 0.29) is 5.41 Å². The predicted molar refractivity (Wildman–Crippen MR) is 114 cm³/mol. The first-order valence-corrected chi connectivity index (χ1v) is 11.0.